The molecule has 0 spiro atoms. The van der Waals surface area contributed by atoms with Crippen molar-refractivity contribution in [3.63, 3.8) is 0 Å². The topological polar surface area (TPSA) is 53.8 Å². The van der Waals surface area contributed by atoms with E-state index in [0.717, 1.165) is 18.7 Å². The van der Waals surface area contributed by atoms with Gasteiger partial charge < -0.3 is 14.2 Å². The van der Waals surface area contributed by atoms with E-state index in [-0.39, 0.29) is 5.91 Å². The fraction of sp³-hybridized carbons (Fsp3) is 0.421. The van der Waals surface area contributed by atoms with Crippen LogP contribution in [0.2, 0.25) is 0 Å². The molecule has 1 aromatic heterocycles. The van der Waals surface area contributed by atoms with Crippen LogP contribution in [-0.2, 0) is 22.3 Å². The maximum Gasteiger partial charge on any atom is 0.289 e. The molecular formula is C19H24N2O3S. The molecule has 0 aliphatic carbocycles. The zero-order valence-corrected chi connectivity index (χ0v) is 15.6. The van der Waals surface area contributed by atoms with Crippen molar-refractivity contribution in [3.8, 4) is 0 Å². The molecule has 2 heterocycles. The molecular weight excluding hydrogens is 336 g/mol. The van der Waals surface area contributed by atoms with Gasteiger partial charge in [0.25, 0.3) is 5.91 Å². The van der Waals surface area contributed by atoms with E-state index in [2.05, 4.69) is 11.9 Å². The summed E-state index contributed by atoms with van der Waals surface area (Å²) in [6.45, 7) is 5.21. The molecule has 1 amide bonds. The molecule has 2 aromatic rings. The van der Waals surface area contributed by atoms with Crippen LogP contribution in [0.4, 0.5) is 0 Å². The first-order valence-corrected chi connectivity index (χ1v) is 9.97. The highest BCUT2D eigenvalue weighted by atomic mass is 32.2. The van der Waals surface area contributed by atoms with E-state index in [1.54, 1.807) is 12.1 Å². The lowest BCUT2D eigenvalue weighted by atomic mass is 10.2. The van der Waals surface area contributed by atoms with Gasteiger partial charge in [-0.2, -0.15) is 0 Å². The maximum atomic E-state index is 12.5. The molecule has 3 rings (SSSR count). The number of piperazine rings is 1. The van der Waals surface area contributed by atoms with Gasteiger partial charge in [0.05, 0.1) is 5.75 Å². The Hall–Kier alpha value is -1.92. The minimum absolute atomic E-state index is 0.0799. The van der Waals surface area contributed by atoms with Crippen LogP contribution in [0.1, 0.15) is 27.4 Å². The number of carbonyl (C=O) groups excluding carboxylic acids is 1. The molecule has 1 unspecified atom stereocenters. The zero-order valence-electron chi connectivity index (χ0n) is 14.7. The number of benzene rings is 1. The standard InChI is InChI=1S/C19H24N2O3S/c1-15-3-5-16(6-4-15)13-25(23)14-17-7-8-18(24-17)19(22)21-11-9-20(2)10-12-21/h3-8H,9-14H2,1-2H3. The highest BCUT2D eigenvalue weighted by Crippen LogP contribution is 2.15. The van der Waals surface area contributed by atoms with E-state index in [1.165, 1.54) is 5.56 Å². The SMILES string of the molecule is Cc1ccc(CS(=O)Cc2ccc(C(=O)N3CCN(C)CC3)o2)cc1. The highest BCUT2D eigenvalue weighted by molar-refractivity contribution is 7.83. The Morgan fingerprint density at radius 3 is 2.40 bits per heavy atom. The molecule has 1 atom stereocenters. The molecule has 6 heteroatoms. The number of hydrogen-bond donors (Lipinski definition) is 0. The van der Waals surface area contributed by atoms with Crippen molar-refractivity contribution < 1.29 is 13.4 Å². The normalized spacial score (nSPS) is 16.8. The Morgan fingerprint density at radius 1 is 1.04 bits per heavy atom. The summed E-state index contributed by atoms with van der Waals surface area (Å²) >= 11 is 0. The van der Waals surface area contributed by atoms with E-state index in [9.17, 15) is 9.00 Å². The molecule has 0 radical (unpaired) electrons. The number of rotatable bonds is 5. The number of furan rings is 1. The quantitative estimate of drug-likeness (QED) is 0.822. The summed E-state index contributed by atoms with van der Waals surface area (Å²) in [5, 5.41) is 0. The van der Waals surface area contributed by atoms with E-state index < -0.39 is 10.8 Å². The first kappa shape index (κ1) is 17.9. The molecule has 1 saturated heterocycles. The van der Waals surface area contributed by atoms with Crippen LogP contribution in [0, 0.1) is 6.92 Å². The zero-order chi connectivity index (χ0) is 17.8. The third-order valence-corrected chi connectivity index (χ3v) is 5.68. The monoisotopic (exact) mass is 360 g/mol. The van der Waals surface area contributed by atoms with Crippen molar-refractivity contribution in [1.82, 2.24) is 9.80 Å². The maximum absolute atomic E-state index is 12.5. The fourth-order valence-corrected chi connectivity index (χ4v) is 3.95. The summed E-state index contributed by atoms with van der Waals surface area (Å²) in [6.07, 6.45) is 0. The van der Waals surface area contributed by atoms with Gasteiger partial charge in [0, 0.05) is 42.7 Å². The molecule has 0 N–H and O–H groups in total. The number of hydrogen-bond acceptors (Lipinski definition) is 4. The predicted octanol–water partition coefficient (Wildman–Crippen LogP) is 2.42. The summed E-state index contributed by atoms with van der Waals surface area (Å²) in [5.74, 6) is 1.67. The van der Waals surface area contributed by atoms with Gasteiger partial charge >= 0.3 is 0 Å². The Balaban J connectivity index is 1.56. The summed E-state index contributed by atoms with van der Waals surface area (Å²) < 4.78 is 18.0. The average Bonchev–Trinajstić information content (AvgIpc) is 3.05. The Labute approximate surface area is 151 Å². The molecule has 0 saturated carbocycles. The second kappa shape index (κ2) is 7.97. The lowest BCUT2D eigenvalue weighted by Crippen LogP contribution is -2.47. The van der Waals surface area contributed by atoms with Crippen LogP contribution in [0.25, 0.3) is 0 Å². The molecule has 1 aliphatic rings. The van der Waals surface area contributed by atoms with Gasteiger partial charge in [0.1, 0.15) is 5.76 Å². The number of amides is 1. The van der Waals surface area contributed by atoms with Crippen molar-refractivity contribution in [2.45, 2.75) is 18.4 Å². The lowest BCUT2D eigenvalue weighted by molar-refractivity contribution is 0.0631. The molecule has 1 aromatic carbocycles. The van der Waals surface area contributed by atoms with Crippen LogP contribution in [0.15, 0.2) is 40.8 Å². The number of likely N-dealkylation sites (N-methyl/N-ethyl adjacent to an activating group) is 1. The largest absolute Gasteiger partial charge is 0.455 e. The molecule has 134 valence electrons. The van der Waals surface area contributed by atoms with Crippen LogP contribution in [0.5, 0.6) is 0 Å². The fourth-order valence-electron chi connectivity index (χ4n) is 2.82. The van der Waals surface area contributed by atoms with Gasteiger partial charge in [0.2, 0.25) is 0 Å². The van der Waals surface area contributed by atoms with Crippen molar-refractivity contribution in [1.29, 1.82) is 0 Å². The molecule has 1 aliphatic heterocycles. The van der Waals surface area contributed by atoms with Gasteiger partial charge in [-0.1, -0.05) is 29.8 Å². The van der Waals surface area contributed by atoms with E-state index in [1.807, 2.05) is 36.1 Å². The summed E-state index contributed by atoms with van der Waals surface area (Å²) in [5.41, 5.74) is 2.23. The van der Waals surface area contributed by atoms with Crippen LogP contribution in [-0.4, -0.2) is 53.1 Å². The van der Waals surface area contributed by atoms with E-state index in [0.29, 0.717) is 36.1 Å². The summed E-state index contributed by atoms with van der Waals surface area (Å²) in [4.78, 5) is 16.5. The van der Waals surface area contributed by atoms with Crippen molar-refractivity contribution in [3.05, 3.63) is 59.0 Å². The third kappa shape index (κ3) is 4.80. The van der Waals surface area contributed by atoms with Gasteiger partial charge in [-0.3, -0.25) is 9.00 Å². The highest BCUT2D eigenvalue weighted by Gasteiger charge is 2.23. The van der Waals surface area contributed by atoms with Crippen molar-refractivity contribution in [2.24, 2.45) is 0 Å². The first-order chi connectivity index (χ1) is 12.0. The molecule has 5 nitrogen and oxygen atoms in total. The van der Waals surface area contributed by atoms with Crippen LogP contribution >= 0.6 is 0 Å². The number of nitrogens with zero attached hydrogens (tertiary/aromatic N) is 2. The minimum atomic E-state index is -1.06. The second-order valence-electron chi connectivity index (χ2n) is 6.58. The number of carbonyl (C=O) groups is 1. The van der Waals surface area contributed by atoms with Gasteiger partial charge in [0.15, 0.2) is 5.76 Å². The minimum Gasteiger partial charge on any atom is -0.455 e. The molecule has 1 fully saturated rings. The van der Waals surface area contributed by atoms with Crippen molar-refractivity contribution in [2.75, 3.05) is 33.2 Å². The summed E-state index contributed by atoms with van der Waals surface area (Å²) in [7, 11) is 0.988. The smallest absolute Gasteiger partial charge is 0.289 e. The Kier molecular flexibility index (Phi) is 5.71. The Morgan fingerprint density at radius 2 is 1.72 bits per heavy atom. The van der Waals surface area contributed by atoms with Gasteiger partial charge in [-0.05, 0) is 31.7 Å². The Bertz CT molecular complexity index is 746. The van der Waals surface area contributed by atoms with Gasteiger partial charge in [-0.25, -0.2) is 0 Å². The molecule has 25 heavy (non-hydrogen) atoms. The summed E-state index contributed by atoms with van der Waals surface area (Å²) in [6, 6.07) is 11.5. The van der Waals surface area contributed by atoms with E-state index in [4.69, 9.17) is 4.42 Å². The van der Waals surface area contributed by atoms with Gasteiger partial charge in [-0.15, -0.1) is 0 Å². The van der Waals surface area contributed by atoms with Crippen LogP contribution < -0.4 is 0 Å². The predicted molar refractivity (Wildman–Crippen MR) is 98.8 cm³/mol. The van der Waals surface area contributed by atoms with Crippen LogP contribution in [0.3, 0.4) is 0 Å². The lowest BCUT2D eigenvalue weighted by Gasteiger charge is -2.31. The third-order valence-electron chi connectivity index (χ3n) is 4.41. The second-order valence-corrected chi connectivity index (χ2v) is 8.03. The molecule has 0 bridgehead atoms. The first-order valence-electron chi connectivity index (χ1n) is 8.48. The average molecular weight is 360 g/mol. The number of aryl methyl sites for hydroxylation is 1. The van der Waals surface area contributed by atoms with Crippen molar-refractivity contribution >= 4 is 16.7 Å². The van der Waals surface area contributed by atoms with E-state index >= 15 is 0 Å².